The Morgan fingerprint density at radius 1 is 0.786 bits per heavy atom. The molecule has 0 aromatic rings. The fourth-order valence-corrected chi connectivity index (χ4v) is 8.25. The fraction of sp³-hybridized carbons (Fsp3) is 1.00. The van der Waals surface area contributed by atoms with E-state index in [9.17, 15) is 0 Å². The number of rotatable bonds is 2. The van der Waals surface area contributed by atoms with Crippen LogP contribution in [0.3, 0.4) is 0 Å². The van der Waals surface area contributed by atoms with E-state index in [1.807, 2.05) is 0 Å². The molecule has 0 aliphatic heterocycles. The molecule has 0 bridgehead atoms. The summed E-state index contributed by atoms with van der Waals surface area (Å²) < 4.78 is 4.27. The Kier molecular flexibility index (Phi) is 10.9. The standard InChI is InChI=1S/2C4H9.2C2H5.Ga.Sb/c2*1-4(2)3;2*1-2;;/h2*1-3H3;2*1H2,2H3;;. The molecule has 0 heterocycles. The summed E-state index contributed by atoms with van der Waals surface area (Å²) in [5, 5.41) is 0. The van der Waals surface area contributed by atoms with Gasteiger partial charge in [-0.05, 0) is 0 Å². The Labute approximate surface area is 110 Å². The summed E-state index contributed by atoms with van der Waals surface area (Å²) in [5.41, 5.74) is 0. The summed E-state index contributed by atoms with van der Waals surface area (Å²) in [4.78, 5) is 0. The molecule has 0 saturated heterocycles. The van der Waals surface area contributed by atoms with Crippen LogP contribution in [0.2, 0.25) is 16.7 Å². The van der Waals surface area contributed by atoms with Crippen LogP contribution in [-0.2, 0) is 0 Å². The van der Waals surface area contributed by atoms with Gasteiger partial charge >= 0.3 is 111 Å². The van der Waals surface area contributed by atoms with Gasteiger partial charge in [0.05, 0.1) is 0 Å². The van der Waals surface area contributed by atoms with Crippen molar-refractivity contribution in [1.82, 2.24) is 0 Å². The molecule has 0 saturated carbocycles. The maximum atomic E-state index is 2.36. The zero-order valence-electron chi connectivity index (χ0n) is 11.4. The zero-order chi connectivity index (χ0) is 11.8. The first-order valence-electron chi connectivity index (χ1n) is 5.62. The van der Waals surface area contributed by atoms with E-state index >= 15 is 0 Å². The van der Waals surface area contributed by atoms with Gasteiger partial charge in [0.15, 0.2) is 0 Å². The predicted molar refractivity (Wildman–Crippen MR) is 71.9 cm³/mol. The molecule has 84 valence electrons. The van der Waals surface area contributed by atoms with E-state index in [0.29, 0.717) is 29.6 Å². The van der Waals surface area contributed by atoms with Gasteiger partial charge in [0.25, 0.3) is 0 Å². The van der Waals surface area contributed by atoms with Crippen molar-refractivity contribution in [1.29, 1.82) is 0 Å². The van der Waals surface area contributed by atoms with E-state index in [1.54, 1.807) is 0 Å². The van der Waals surface area contributed by atoms with Gasteiger partial charge in [-0.25, -0.2) is 0 Å². The van der Waals surface area contributed by atoms with E-state index in [-0.39, 0.29) is 17.4 Å². The molecule has 0 amide bonds. The Hall–Kier alpha value is 1.45. The topological polar surface area (TPSA) is 0 Å². The van der Waals surface area contributed by atoms with Crippen molar-refractivity contribution in [3.05, 3.63) is 0 Å². The van der Waals surface area contributed by atoms with Gasteiger partial charge in [-0.15, -0.1) is 0 Å². The third-order valence-electron chi connectivity index (χ3n) is 1.31. The molecular formula is C12H28GaSb. The van der Waals surface area contributed by atoms with E-state index in [2.05, 4.69) is 55.4 Å². The van der Waals surface area contributed by atoms with Crippen molar-refractivity contribution in [3.8, 4) is 0 Å². The monoisotopic (exact) mass is 362 g/mol. The van der Waals surface area contributed by atoms with Crippen LogP contribution in [0.1, 0.15) is 55.4 Å². The van der Waals surface area contributed by atoms with E-state index < -0.39 is 0 Å². The minimum absolute atomic E-state index is 0.0625. The second kappa shape index (κ2) is 8.59. The van der Waals surface area contributed by atoms with Crippen molar-refractivity contribution in [2.24, 2.45) is 0 Å². The average molecular weight is 364 g/mol. The van der Waals surface area contributed by atoms with Crippen molar-refractivity contribution in [2.45, 2.75) is 72.1 Å². The Bertz CT molecular complexity index is 105. The molecule has 0 aromatic heterocycles. The van der Waals surface area contributed by atoms with Crippen LogP contribution < -0.4 is 0 Å². The van der Waals surface area contributed by atoms with E-state index in [0.717, 1.165) is 0 Å². The normalized spacial score (nSPS) is 11.7. The van der Waals surface area contributed by atoms with E-state index in [1.165, 1.54) is 8.73 Å². The van der Waals surface area contributed by atoms with Gasteiger partial charge in [-0.3, -0.25) is 0 Å². The molecule has 2 radical (unpaired) electrons. The second-order valence-corrected chi connectivity index (χ2v) is 18.5. The van der Waals surface area contributed by atoms with Gasteiger partial charge in [0, 0.05) is 0 Å². The first-order valence-corrected chi connectivity index (χ1v) is 11.7. The molecule has 0 aromatic carbocycles. The maximum absolute atomic E-state index is 2.36. The molecule has 14 heavy (non-hydrogen) atoms. The SMILES string of the molecule is C[CH2][Sb][CH2]C.C[C](C)(C)[Ga][C](C)(C)C. The molecule has 0 aliphatic rings. The van der Waals surface area contributed by atoms with Crippen LogP contribution in [0, 0.1) is 0 Å². The first-order chi connectivity index (χ1) is 6.12. The van der Waals surface area contributed by atoms with Gasteiger partial charge in [-0.2, -0.15) is 0 Å². The summed E-state index contributed by atoms with van der Waals surface area (Å²) in [5.74, 6) is 0. The van der Waals surface area contributed by atoms with Gasteiger partial charge in [0.1, 0.15) is 0 Å². The summed E-state index contributed by atoms with van der Waals surface area (Å²) in [6.07, 6.45) is 0. The van der Waals surface area contributed by atoms with Crippen LogP contribution in [-0.4, -0.2) is 39.0 Å². The van der Waals surface area contributed by atoms with E-state index in [4.69, 9.17) is 0 Å². The first kappa shape index (κ1) is 17.8. The Morgan fingerprint density at radius 3 is 1.07 bits per heavy atom. The van der Waals surface area contributed by atoms with Crippen LogP contribution in [0.5, 0.6) is 0 Å². The van der Waals surface area contributed by atoms with Crippen molar-refractivity contribution >= 4 is 39.0 Å². The number of hydrogen-bond acceptors (Lipinski definition) is 0. The van der Waals surface area contributed by atoms with Gasteiger partial charge < -0.3 is 0 Å². The minimum atomic E-state index is -0.0625. The zero-order valence-corrected chi connectivity index (χ0v) is 16.4. The molecule has 0 rings (SSSR count). The third kappa shape index (κ3) is 23.3. The molecule has 2 heteroatoms. The quantitative estimate of drug-likeness (QED) is 0.624. The van der Waals surface area contributed by atoms with Crippen LogP contribution >= 0.6 is 0 Å². The molecule has 0 atom stereocenters. The van der Waals surface area contributed by atoms with Gasteiger partial charge in [-0.1, -0.05) is 0 Å². The summed E-state index contributed by atoms with van der Waals surface area (Å²) in [6.45, 7) is 18.7. The molecular weight excluding hydrogens is 336 g/mol. The Morgan fingerprint density at radius 2 is 1.07 bits per heavy atom. The van der Waals surface area contributed by atoms with Crippen LogP contribution in [0.15, 0.2) is 0 Å². The third-order valence-corrected chi connectivity index (χ3v) is 7.50. The molecule has 0 N–H and O–H groups in total. The van der Waals surface area contributed by atoms with Crippen LogP contribution in [0.25, 0.3) is 0 Å². The Balaban J connectivity index is 0. The predicted octanol–water partition coefficient (Wildman–Crippen LogP) is 4.69. The molecule has 0 aliphatic carbocycles. The summed E-state index contributed by atoms with van der Waals surface area (Å²) >= 11 is 0.293. The van der Waals surface area contributed by atoms with Crippen molar-refractivity contribution < 1.29 is 0 Å². The summed E-state index contributed by atoms with van der Waals surface area (Å²) in [7, 11) is 0. The second-order valence-electron chi connectivity index (χ2n) is 5.73. The van der Waals surface area contributed by atoms with Crippen molar-refractivity contribution in [3.63, 3.8) is 0 Å². The fourth-order valence-electron chi connectivity index (χ4n) is 1.52. The van der Waals surface area contributed by atoms with Crippen molar-refractivity contribution in [2.75, 3.05) is 0 Å². The molecule has 0 spiro atoms. The molecule has 0 unspecified atom stereocenters. The molecule has 0 nitrogen and oxygen atoms in total. The van der Waals surface area contributed by atoms with Gasteiger partial charge in [0.2, 0.25) is 0 Å². The van der Waals surface area contributed by atoms with Crippen LogP contribution in [0.4, 0.5) is 0 Å². The molecule has 0 fully saturated rings. The summed E-state index contributed by atoms with van der Waals surface area (Å²) in [6, 6.07) is 0. The average Bonchev–Trinajstić information content (AvgIpc) is 1.81. The number of hydrogen-bond donors (Lipinski definition) is 0.